The molecule has 2 aromatic carbocycles. The monoisotopic (exact) mass is 390 g/mol. The van der Waals surface area contributed by atoms with Crippen LogP contribution in [0.15, 0.2) is 48.5 Å². The van der Waals surface area contributed by atoms with Crippen molar-refractivity contribution in [3.8, 4) is 0 Å². The number of benzene rings is 2. The smallest absolute Gasteiger partial charge is 0.227 e. The van der Waals surface area contributed by atoms with Crippen molar-refractivity contribution in [3.05, 3.63) is 69.7 Å². The number of hydrogen-bond acceptors (Lipinski definition) is 2. The van der Waals surface area contributed by atoms with Crippen LogP contribution in [-0.2, 0) is 17.8 Å². The lowest BCUT2D eigenvalue weighted by Crippen LogP contribution is -2.42. The number of carbonyl (C=O) groups excluding carboxylic acids is 1. The van der Waals surface area contributed by atoms with Gasteiger partial charge in [0.1, 0.15) is 0 Å². The molecule has 1 atom stereocenters. The largest absolute Gasteiger partial charge is 0.338 e. The normalized spacial score (nSPS) is 17.4. The molecule has 1 amide bonds. The van der Waals surface area contributed by atoms with Crippen molar-refractivity contribution in [1.82, 2.24) is 9.80 Å². The van der Waals surface area contributed by atoms with Gasteiger partial charge in [-0.1, -0.05) is 59.6 Å². The van der Waals surface area contributed by atoms with E-state index in [2.05, 4.69) is 29.2 Å². The molecule has 0 bridgehead atoms. The summed E-state index contributed by atoms with van der Waals surface area (Å²) < 4.78 is 0. The molecule has 0 saturated carbocycles. The summed E-state index contributed by atoms with van der Waals surface area (Å²) in [7, 11) is 0. The van der Waals surface area contributed by atoms with Crippen LogP contribution in [0, 0.1) is 0 Å². The summed E-state index contributed by atoms with van der Waals surface area (Å²) in [6.45, 7) is 5.67. The van der Waals surface area contributed by atoms with E-state index in [0.717, 1.165) is 38.2 Å². The molecule has 0 aromatic heterocycles. The molecule has 0 aliphatic carbocycles. The first kappa shape index (κ1) is 19.2. The maximum atomic E-state index is 12.8. The maximum absolute atomic E-state index is 12.8. The fourth-order valence-electron chi connectivity index (χ4n) is 3.62. The lowest BCUT2D eigenvalue weighted by molar-refractivity contribution is -0.132. The molecule has 0 spiro atoms. The van der Waals surface area contributed by atoms with Gasteiger partial charge in [-0.15, -0.1) is 0 Å². The molecule has 3 nitrogen and oxygen atoms in total. The average molecular weight is 391 g/mol. The van der Waals surface area contributed by atoms with Crippen molar-refractivity contribution in [3.63, 3.8) is 0 Å². The van der Waals surface area contributed by atoms with E-state index in [1.807, 2.05) is 24.0 Å². The first-order valence-corrected chi connectivity index (χ1v) is 9.82. The molecular weight excluding hydrogens is 367 g/mol. The van der Waals surface area contributed by atoms with Gasteiger partial charge in [0.05, 0.1) is 16.5 Å². The molecule has 1 heterocycles. The van der Waals surface area contributed by atoms with Crippen molar-refractivity contribution < 1.29 is 4.79 Å². The number of amides is 1. The highest BCUT2D eigenvalue weighted by Crippen LogP contribution is 2.24. The van der Waals surface area contributed by atoms with E-state index in [4.69, 9.17) is 23.2 Å². The van der Waals surface area contributed by atoms with Gasteiger partial charge in [-0.05, 0) is 36.6 Å². The van der Waals surface area contributed by atoms with Gasteiger partial charge in [0.25, 0.3) is 0 Å². The molecule has 1 aliphatic heterocycles. The van der Waals surface area contributed by atoms with Crippen LogP contribution in [0.2, 0.25) is 10.0 Å². The highest BCUT2D eigenvalue weighted by molar-refractivity contribution is 6.42. The summed E-state index contributed by atoms with van der Waals surface area (Å²) in [6, 6.07) is 16.2. The highest BCUT2D eigenvalue weighted by Gasteiger charge is 2.29. The van der Waals surface area contributed by atoms with Crippen LogP contribution in [0.1, 0.15) is 24.5 Å². The van der Waals surface area contributed by atoms with Crippen molar-refractivity contribution >= 4 is 29.1 Å². The first-order chi connectivity index (χ1) is 12.6. The minimum Gasteiger partial charge on any atom is -0.338 e. The summed E-state index contributed by atoms with van der Waals surface area (Å²) in [4.78, 5) is 17.3. The van der Waals surface area contributed by atoms with Crippen LogP contribution in [0.5, 0.6) is 0 Å². The van der Waals surface area contributed by atoms with Gasteiger partial charge in [-0.25, -0.2) is 0 Å². The number of likely N-dealkylation sites (tertiary alicyclic amines) is 1. The van der Waals surface area contributed by atoms with Gasteiger partial charge in [0.15, 0.2) is 0 Å². The Kier molecular flexibility index (Phi) is 6.58. The number of rotatable bonds is 6. The molecule has 0 radical (unpaired) electrons. The molecule has 138 valence electrons. The van der Waals surface area contributed by atoms with E-state index >= 15 is 0 Å². The SMILES string of the molecule is CCN(C(=O)Cc1ccc(Cl)c(Cl)c1)C1CCN(Cc2ccccc2)C1. The van der Waals surface area contributed by atoms with Crippen molar-refractivity contribution in [2.75, 3.05) is 19.6 Å². The summed E-state index contributed by atoms with van der Waals surface area (Å²) in [5.41, 5.74) is 2.22. The zero-order chi connectivity index (χ0) is 18.5. The minimum absolute atomic E-state index is 0.150. The molecule has 2 aromatic rings. The third-order valence-corrected chi connectivity index (χ3v) is 5.68. The summed E-state index contributed by atoms with van der Waals surface area (Å²) in [6.07, 6.45) is 1.38. The second-order valence-corrected chi connectivity index (χ2v) is 7.58. The van der Waals surface area contributed by atoms with Crippen molar-refractivity contribution in [2.45, 2.75) is 32.4 Å². The molecule has 26 heavy (non-hydrogen) atoms. The summed E-state index contributed by atoms with van der Waals surface area (Å²) in [5, 5.41) is 1.01. The molecule has 0 N–H and O–H groups in total. The number of halogens is 2. The third-order valence-electron chi connectivity index (χ3n) is 4.94. The molecule has 1 saturated heterocycles. The topological polar surface area (TPSA) is 23.6 Å². The Labute approximate surface area is 165 Å². The number of carbonyl (C=O) groups is 1. The quantitative estimate of drug-likeness (QED) is 0.715. The van der Waals surface area contributed by atoms with E-state index in [0.29, 0.717) is 16.5 Å². The maximum Gasteiger partial charge on any atom is 0.227 e. The van der Waals surface area contributed by atoms with Crippen LogP contribution < -0.4 is 0 Å². The Hall–Kier alpha value is -1.55. The average Bonchev–Trinajstić information content (AvgIpc) is 3.08. The van der Waals surface area contributed by atoms with Gasteiger partial charge in [0.2, 0.25) is 5.91 Å². The fraction of sp³-hybridized carbons (Fsp3) is 0.381. The standard InChI is InChI=1S/C21H24Cl2N2O/c1-2-25(21(26)13-17-8-9-19(22)20(23)12-17)18-10-11-24(15-18)14-16-6-4-3-5-7-16/h3-9,12,18H,2,10-11,13-15H2,1H3. The zero-order valence-corrected chi connectivity index (χ0v) is 16.5. The Morgan fingerprint density at radius 3 is 2.58 bits per heavy atom. The van der Waals surface area contributed by atoms with E-state index in [-0.39, 0.29) is 11.9 Å². The minimum atomic E-state index is 0.150. The number of likely N-dealkylation sites (N-methyl/N-ethyl adjacent to an activating group) is 1. The Balaban J connectivity index is 1.59. The Bertz CT molecular complexity index is 751. The van der Waals surface area contributed by atoms with Crippen molar-refractivity contribution in [2.24, 2.45) is 0 Å². The van der Waals surface area contributed by atoms with Crippen LogP contribution in [0.25, 0.3) is 0 Å². The molecule has 5 heteroatoms. The lowest BCUT2D eigenvalue weighted by Gasteiger charge is -2.28. The van der Waals surface area contributed by atoms with E-state index in [1.54, 1.807) is 12.1 Å². The van der Waals surface area contributed by atoms with Gasteiger partial charge in [-0.3, -0.25) is 9.69 Å². The van der Waals surface area contributed by atoms with Crippen LogP contribution in [0.4, 0.5) is 0 Å². The second-order valence-electron chi connectivity index (χ2n) is 6.77. The molecular formula is C21H24Cl2N2O. The van der Waals surface area contributed by atoms with Crippen LogP contribution in [0.3, 0.4) is 0 Å². The fourth-order valence-corrected chi connectivity index (χ4v) is 3.94. The molecule has 1 unspecified atom stereocenters. The predicted molar refractivity (Wildman–Crippen MR) is 108 cm³/mol. The number of hydrogen-bond donors (Lipinski definition) is 0. The van der Waals surface area contributed by atoms with E-state index in [1.165, 1.54) is 5.56 Å². The second kappa shape index (κ2) is 8.90. The summed E-state index contributed by atoms with van der Waals surface area (Å²) >= 11 is 12.0. The van der Waals surface area contributed by atoms with Gasteiger partial charge >= 0.3 is 0 Å². The third kappa shape index (κ3) is 4.79. The summed E-state index contributed by atoms with van der Waals surface area (Å²) in [5.74, 6) is 0.150. The van der Waals surface area contributed by atoms with Crippen LogP contribution in [-0.4, -0.2) is 41.4 Å². The van der Waals surface area contributed by atoms with Gasteiger partial charge < -0.3 is 4.90 Å². The zero-order valence-electron chi connectivity index (χ0n) is 15.0. The van der Waals surface area contributed by atoms with Gasteiger partial charge in [-0.2, -0.15) is 0 Å². The van der Waals surface area contributed by atoms with E-state index in [9.17, 15) is 4.79 Å². The highest BCUT2D eigenvalue weighted by atomic mass is 35.5. The molecule has 3 rings (SSSR count). The van der Waals surface area contributed by atoms with Crippen LogP contribution >= 0.6 is 23.2 Å². The number of nitrogens with zero attached hydrogens (tertiary/aromatic N) is 2. The first-order valence-electron chi connectivity index (χ1n) is 9.06. The molecule has 1 fully saturated rings. The van der Waals surface area contributed by atoms with Crippen molar-refractivity contribution in [1.29, 1.82) is 0 Å². The van der Waals surface area contributed by atoms with Gasteiger partial charge in [0, 0.05) is 32.2 Å². The Morgan fingerprint density at radius 2 is 1.88 bits per heavy atom. The van der Waals surface area contributed by atoms with E-state index < -0.39 is 0 Å². The molecule has 1 aliphatic rings. The Morgan fingerprint density at radius 1 is 1.12 bits per heavy atom. The predicted octanol–water partition coefficient (Wildman–Crippen LogP) is 4.66. The lowest BCUT2D eigenvalue weighted by atomic mass is 10.1.